The summed E-state index contributed by atoms with van der Waals surface area (Å²) >= 11 is 0. The largest absolute Gasteiger partial charge is 0.496 e. The van der Waals surface area contributed by atoms with Gasteiger partial charge in [0.2, 0.25) is 0 Å². The molecule has 0 aromatic heterocycles. The lowest BCUT2D eigenvalue weighted by Gasteiger charge is -2.54. The van der Waals surface area contributed by atoms with Crippen molar-refractivity contribution in [3.8, 4) is 5.75 Å². The quantitative estimate of drug-likeness (QED) is 0.448. The van der Waals surface area contributed by atoms with Crippen LogP contribution in [-0.2, 0) is 9.47 Å². The van der Waals surface area contributed by atoms with Crippen molar-refractivity contribution < 1.29 is 14.2 Å². The smallest absolute Gasteiger partial charge is 0.351 e. The molecule has 3 rings (SSSR count). The van der Waals surface area contributed by atoms with Gasteiger partial charge in [-0.1, -0.05) is 31.5 Å². The molecule has 1 unspecified atom stereocenters. The van der Waals surface area contributed by atoms with E-state index < -0.39 is 5.91 Å². The van der Waals surface area contributed by atoms with Crippen LogP contribution in [0.3, 0.4) is 0 Å². The van der Waals surface area contributed by atoms with Crippen molar-refractivity contribution in [3.63, 3.8) is 0 Å². The molecule has 0 aliphatic carbocycles. The molecule has 0 amide bonds. The van der Waals surface area contributed by atoms with E-state index in [4.69, 9.17) is 14.2 Å². The number of ether oxygens (including phenoxy) is 3. The third-order valence-electron chi connectivity index (χ3n) is 6.37. The predicted octanol–water partition coefficient (Wildman–Crippen LogP) is 5.44. The Labute approximate surface area is 181 Å². The van der Waals surface area contributed by atoms with Crippen molar-refractivity contribution >= 4 is 11.4 Å². The number of anilines is 1. The van der Waals surface area contributed by atoms with Crippen molar-refractivity contribution in [2.24, 2.45) is 0 Å². The summed E-state index contributed by atoms with van der Waals surface area (Å²) in [7, 11) is 7.40. The molecule has 0 N–H and O–H groups in total. The molecule has 5 nitrogen and oxygen atoms in total. The van der Waals surface area contributed by atoms with Crippen LogP contribution in [-0.4, -0.2) is 41.0 Å². The summed E-state index contributed by atoms with van der Waals surface area (Å²) in [4.78, 5) is 2.38. The fourth-order valence-corrected chi connectivity index (χ4v) is 4.81. The number of aryl methyl sites for hydroxylation is 1. The van der Waals surface area contributed by atoms with Crippen LogP contribution >= 0.6 is 0 Å². The molecular formula is C25H35N2O3+. The van der Waals surface area contributed by atoms with Crippen LogP contribution in [0.4, 0.5) is 11.4 Å². The van der Waals surface area contributed by atoms with Crippen LogP contribution in [0.25, 0.3) is 0 Å². The summed E-state index contributed by atoms with van der Waals surface area (Å²) in [6.07, 6.45) is 1.89. The maximum absolute atomic E-state index is 6.22. The molecule has 0 bridgehead atoms. The number of rotatable bonds is 7. The van der Waals surface area contributed by atoms with Crippen LogP contribution in [0.1, 0.15) is 32.3 Å². The van der Waals surface area contributed by atoms with Crippen LogP contribution in [0.5, 0.6) is 5.75 Å². The van der Waals surface area contributed by atoms with Gasteiger partial charge in [-0.2, -0.15) is 0 Å². The molecule has 1 atom stereocenters. The van der Waals surface area contributed by atoms with Gasteiger partial charge in [0.25, 0.3) is 0 Å². The fourth-order valence-electron chi connectivity index (χ4n) is 4.81. The van der Waals surface area contributed by atoms with Gasteiger partial charge in [0.1, 0.15) is 11.4 Å². The molecule has 5 heteroatoms. The van der Waals surface area contributed by atoms with Crippen molar-refractivity contribution in [2.45, 2.75) is 39.5 Å². The zero-order valence-electron chi connectivity index (χ0n) is 19.4. The highest BCUT2D eigenvalue weighted by molar-refractivity contribution is 5.61. The second-order valence-electron chi connectivity index (χ2n) is 8.05. The molecule has 0 saturated carbocycles. The van der Waals surface area contributed by atoms with Gasteiger partial charge in [-0.25, -0.2) is 4.48 Å². The maximum Gasteiger partial charge on any atom is 0.351 e. The Morgan fingerprint density at radius 1 is 1.00 bits per heavy atom. The number of benzene rings is 2. The summed E-state index contributed by atoms with van der Waals surface area (Å²) < 4.78 is 18.4. The molecule has 1 aliphatic heterocycles. The van der Waals surface area contributed by atoms with E-state index >= 15 is 0 Å². The average Bonchev–Trinajstić information content (AvgIpc) is 2.77. The molecule has 30 heavy (non-hydrogen) atoms. The first kappa shape index (κ1) is 22.3. The number of para-hydroxylation sites is 1. The van der Waals surface area contributed by atoms with Crippen LogP contribution in [0, 0.1) is 6.92 Å². The van der Waals surface area contributed by atoms with Gasteiger partial charge in [-0.3, -0.25) is 4.90 Å². The summed E-state index contributed by atoms with van der Waals surface area (Å²) in [6.45, 7) is 7.13. The molecule has 1 aliphatic rings. The zero-order valence-corrected chi connectivity index (χ0v) is 19.4. The number of methoxy groups -OCH3 is 3. The second-order valence-corrected chi connectivity index (χ2v) is 8.05. The van der Waals surface area contributed by atoms with Crippen molar-refractivity contribution in [1.82, 2.24) is 4.48 Å². The van der Waals surface area contributed by atoms with Crippen LogP contribution < -0.4 is 14.1 Å². The summed E-state index contributed by atoms with van der Waals surface area (Å²) in [5.41, 5.74) is 5.74. The first-order chi connectivity index (χ1) is 14.4. The minimum atomic E-state index is -0.889. The van der Waals surface area contributed by atoms with Gasteiger partial charge in [0, 0.05) is 25.6 Å². The number of hydrogen-bond donors (Lipinski definition) is 0. The molecule has 0 fully saturated rings. The van der Waals surface area contributed by atoms with Crippen molar-refractivity contribution in [3.05, 3.63) is 65.4 Å². The van der Waals surface area contributed by atoms with Gasteiger partial charge in [-0.15, -0.1) is 0 Å². The average molecular weight is 412 g/mol. The lowest BCUT2D eigenvalue weighted by molar-refractivity contribution is -0.262. The van der Waals surface area contributed by atoms with E-state index in [9.17, 15) is 0 Å². The van der Waals surface area contributed by atoms with Gasteiger partial charge < -0.3 is 14.2 Å². The summed E-state index contributed by atoms with van der Waals surface area (Å²) in [5, 5.41) is 0. The van der Waals surface area contributed by atoms with Crippen LogP contribution in [0.2, 0.25) is 0 Å². The number of quaternary nitrogens is 1. The maximum atomic E-state index is 6.22. The highest BCUT2D eigenvalue weighted by Gasteiger charge is 2.59. The van der Waals surface area contributed by atoms with E-state index in [0.29, 0.717) is 11.2 Å². The van der Waals surface area contributed by atoms with Gasteiger partial charge in [0.15, 0.2) is 6.67 Å². The first-order valence-electron chi connectivity index (χ1n) is 10.5. The second kappa shape index (κ2) is 8.80. The minimum Gasteiger partial charge on any atom is -0.496 e. The summed E-state index contributed by atoms with van der Waals surface area (Å²) in [6, 6.07) is 16.8. The number of nitrogens with zero attached hydrogens (tertiary/aromatic N) is 2. The Bertz CT molecular complexity index is 906. The Hall–Kier alpha value is -2.34. The number of allylic oxidation sites excluding steroid dienone is 1. The van der Waals surface area contributed by atoms with E-state index in [1.807, 2.05) is 12.1 Å². The molecular weight excluding hydrogens is 376 g/mol. The van der Waals surface area contributed by atoms with E-state index in [-0.39, 0.29) is 0 Å². The Kier molecular flexibility index (Phi) is 6.56. The zero-order chi connectivity index (χ0) is 21.9. The standard InChI is InChI=1S/C25H35N2O3/c1-8-12-23-20(3)26(21-15-16-24(28-5)19(2)17-21)18-27(4,25(23,29-6)30-7)22-13-10-9-11-14-22/h9-11,13-17H,8,12,18H2,1-7H3/q+1. The Morgan fingerprint density at radius 3 is 2.20 bits per heavy atom. The number of hydrogen-bond acceptors (Lipinski definition) is 4. The number of likely N-dealkylation sites (N-methyl/N-ethyl adjacent to an activating group) is 1. The van der Waals surface area contributed by atoms with Crippen molar-refractivity contribution in [1.29, 1.82) is 0 Å². The lowest BCUT2D eigenvalue weighted by atomic mass is 9.96. The normalized spacial score (nSPS) is 21.1. The lowest BCUT2D eigenvalue weighted by Crippen LogP contribution is -2.72. The minimum absolute atomic E-state index is 0.457. The molecule has 162 valence electrons. The molecule has 0 spiro atoms. The fraction of sp³-hybridized carbons (Fsp3) is 0.440. The SMILES string of the molecule is CCCC1=C(C)N(c2ccc(OC)c(C)c2)C[N+](C)(c2ccccc2)C1(OC)OC. The highest BCUT2D eigenvalue weighted by Crippen LogP contribution is 2.46. The van der Waals surface area contributed by atoms with Gasteiger partial charge in [-0.05, 0) is 56.2 Å². The van der Waals surface area contributed by atoms with Gasteiger partial charge >= 0.3 is 5.91 Å². The molecule has 0 saturated heterocycles. The van der Waals surface area contributed by atoms with E-state index in [1.54, 1.807) is 21.3 Å². The first-order valence-corrected chi connectivity index (χ1v) is 10.5. The van der Waals surface area contributed by atoms with E-state index in [1.165, 1.54) is 11.3 Å². The predicted molar refractivity (Wildman–Crippen MR) is 124 cm³/mol. The summed E-state index contributed by atoms with van der Waals surface area (Å²) in [5.74, 6) is 0.00837. The molecule has 2 aromatic rings. The third-order valence-corrected chi connectivity index (χ3v) is 6.37. The van der Waals surface area contributed by atoms with Crippen molar-refractivity contribution in [2.75, 3.05) is 39.9 Å². The topological polar surface area (TPSA) is 30.9 Å². The molecule has 0 radical (unpaired) electrons. The highest BCUT2D eigenvalue weighted by atomic mass is 16.7. The Balaban J connectivity index is 2.26. The molecule has 1 heterocycles. The van der Waals surface area contributed by atoms with Crippen LogP contribution in [0.15, 0.2) is 59.8 Å². The van der Waals surface area contributed by atoms with E-state index in [0.717, 1.165) is 35.5 Å². The Morgan fingerprint density at radius 2 is 1.67 bits per heavy atom. The van der Waals surface area contributed by atoms with E-state index in [2.05, 4.69) is 69.1 Å². The van der Waals surface area contributed by atoms with Gasteiger partial charge in [0.05, 0.1) is 19.7 Å². The monoisotopic (exact) mass is 411 g/mol. The third kappa shape index (κ3) is 3.41. The molecule has 2 aromatic carbocycles.